The highest BCUT2D eigenvalue weighted by molar-refractivity contribution is 6.00. The number of hydrogen-bond donors (Lipinski definition) is 3. The molecule has 0 bridgehead atoms. The first-order valence-electron chi connectivity index (χ1n) is 9.79. The molecule has 2 rings (SSSR count). The first kappa shape index (κ1) is 21.8. The highest BCUT2D eigenvalue weighted by Gasteiger charge is 2.31. The van der Waals surface area contributed by atoms with E-state index in [0.717, 1.165) is 38.2 Å². The van der Waals surface area contributed by atoms with Gasteiger partial charge in [-0.1, -0.05) is 26.0 Å². The Morgan fingerprint density at radius 2 is 2.04 bits per heavy atom. The van der Waals surface area contributed by atoms with Crippen LogP contribution < -0.4 is 16.4 Å². The molecule has 1 aromatic carbocycles. The monoisotopic (exact) mass is 385 g/mol. The van der Waals surface area contributed by atoms with Gasteiger partial charge in [-0.3, -0.25) is 14.5 Å². The molecule has 7 heteroatoms. The molecule has 1 aliphatic rings. The topological polar surface area (TPSA) is 99.8 Å². The molecular weight excluding hydrogens is 354 g/mol. The average molecular weight is 386 g/mol. The number of benzene rings is 1. The predicted molar refractivity (Wildman–Crippen MR) is 112 cm³/mol. The summed E-state index contributed by atoms with van der Waals surface area (Å²) >= 11 is 0. The van der Waals surface area contributed by atoms with Crippen molar-refractivity contribution in [1.82, 2.24) is 15.5 Å². The number of amides is 2. The van der Waals surface area contributed by atoms with Crippen molar-refractivity contribution in [2.45, 2.75) is 32.7 Å². The number of nitrogens with zero attached hydrogens (tertiary/aromatic N) is 2. The van der Waals surface area contributed by atoms with E-state index in [4.69, 9.17) is 5.73 Å². The van der Waals surface area contributed by atoms with Crippen molar-refractivity contribution in [3.05, 3.63) is 42.1 Å². The molecule has 0 spiro atoms. The third-order valence-electron chi connectivity index (χ3n) is 5.36. The third-order valence-corrected chi connectivity index (χ3v) is 5.36. The van der Waals surface area contributed by atoms with Crippen LogP contribution in [0, 0.1) is 11.8 Å². The Hall–Kier alpha value is -2.51. The summed E-state index contributed by atoms with van der Waals surface area (Å²) in [6.45, 7) is 7.49. The van der Waals surface area contributed by atoms with Crippen LogP contribution in [-0.4, -0.2) is 49.2 Å². The molecule has 0 saturated carbocycles. The Morgan fingerprint density at radius 1 is 1.29 bits per heavy atom. The molecule has 1 fully saturated rings. The highest BCUT2D eigenvalue weighted by Crippen LogP contribution is 2.26. The number of likely N-dealkylation sites (tertiary alicyclic amines) is 1. The van der Waals surface area contributed by atoms with Gasteiger partial charge in [0.1, 0.15) is 5.84 Å². The van der Waals surface area contributed by atoms with Crippen molar-refractivity contribution in [3.8, 4) is 0 Å². The van der Waals surface area contributed by atoms with Gasteiger partial charge in [-0.15, -0.1) is 0 Å². The van der Waals surface area contributed by atoms with Gasteiger partial charge in [0.25, 0.3) is 0 Å². The van der Waals surface area contributed by atoms with Crippen LogP contribution in [0.15, 0.2) is 41.5 Å². The van der Waals surface area contributed by atoms with Crippen LogP contribution in [0.3, 0.4) is 0 Å². The Morgan fingerprint density at radius 3 is 2.61 bits per heavy atom. The van der Waals surface area contributed by atoms with Gasteiger partial charge in [-0.25, -0.2) is 4.99 Å². The molecule has 1 aromatic rings. The second-order valence-electron chi connectivity index (χ2n) is 7.24. The number of hydrogen-bond acceptors (Lipinski definition) is 5. The van der Waals surface area contributed by atoms with Crippen LogP contribution in [-0.2, 0) is 16.0 Å². The van der Waals surface area contributed by atoms with E-state index in [1.807, 2.05) is 12.1 Å². The number of nitrogens with one attached hydrogen (secondary N) is 2. The van der Waals surface area contributed by atoms with Crippen LogP contribution in [0.4, 0.5) is 5.69 Å². The predicted octanol–water partition coefficient (Wildman–Crippen LogP) is 1.57. The molecule has 2 unspecified atom stereocenters. The second-order valence-corrected chi connectivity index (χ2v) is 7.24. The van der Waals surface area contributed by atoms with Crippen LogP contribution >= 0.6 is 0 Å². The molecule has 0 aromatic heterocycles. The van der Waals surface area contributed by atoms with Crippen molar-refractivity contribution >= 4 is 24.3 Å². The van der Waals surface area contributed by atoms with Crippen molar-refractivity contribution in [1.29, 1.82) is 0 Å². The fourth-order valence-electron chi connectivity index (χ4n) is 3.67. The van der Waals surface area contributed by atoms with Crippen molar-refractivity contribution in [3.63, 3.8) is 0 Å². The molecular formula is C21H31N5O2. The molecule has 7 nitrogen and oxygen atoms in total. The summed E-state index contributed by atoms with van der Waals surface area (Å²) in [7, 11) is 0. The summed E-state index contributed by atoms with van der Waals surface area (Å²) in [5.41, 5.74) is 7.90. The number of rotatable bonds is 10. The molecule has 28 heavy (non-hydrogen) atoms. The molecule has 152 valence electrons. The summed E-state index contributed by atoms with van der Waals surface area (Å²) in [6.07, 6.45) is 6.13. The van der Waals surface area contributed by atoms with Crippen molar-refractivity contribution in [2.75, 3.05) is 19.6 Å². The van der Waals surface area contributed by atoms with Gasteiger partial charge < -0.3 is 16.4 Å². The minimum absolute atomic E-state index is 0.349. The quantitative estimate of drug-likeness (QED) is 0.323. The van der Waals surface area contributed by atoms with E-state index < -0.39 is 0 Å². The minimum atomic E-state index is 0.349. The number of carbonyl (C=O) groups excluding carboxylic acids is 2. The fraction of sp³-hybridized carbons (Fsp3) is 0.476. The molecule has 0 radical (unpaired) electrons. The Labute approximate surface area is 167 Å². The first-order chi connectivity index (χ1) is 13.6. The van der Waals surface area contributed by atoms with E-state index in [2.05, 4.69) is 46.5 Å². The lowest BCUT2D eigenvalue weighted by molar-refractivity contribution is -0.109. The van der Waals surface area contributed by atoms with Gasteiger partial charge in [0.15, 0.2) is 0 Å². The van der Waals surface area contributed by atoms with E-state index in [0.29, 0.717) is 36.5 Å². The lowest BCUT2D eigenvalue weighted by atomic mass is 9.99. The Bertz CT molecular complexity index is 687. The average Bonchev–Trinajstić information content (AvgIpc) is 3.08. The number of aliphatic imine (C=N–C) groups is 1. The summed E-state index contributed by atoms with van der Waals surface area (Å²) in [5.74, 6) is 1.60. The van der Waals surface area contributed by atoms with Gasteiger partial charge in [0, 0.05) is 25.3 Å². The zero-order valence-corrected chi connectivity index (χ0v) is 16.7. The molecule has 1 heterocycles. The molecule has 4 N–H and O–H groups in total. The lowest BCUT2D eigenvalue weighted by Gasteiger charge is -2.27. The van der Waals surface area contributed by atoms with Crippen molar-refractivity contribution in [2.24, 2.45) is 22.6 Å². The Kier molecular flexibility index (Phi) is 8.84. The van der Waals surface area contributed by atoms with Gasteiger partial charge in [-0.2, -0.15) is 0 Å². The van der Waals surface area contributed by atoms with Gasteiger partial charge in [0.05, 0.1) is 5.69 Å². The van der Waals surface area contributed by atoms with E-state index in [9.17, 15) is 9.59 Å². The molecule has 1 saturated heterocycles. The number of nitrogens with two attached hydrogens (primary N) is 1. The summed E-state index contributed by atoms with van der Waals surface area (Å²) in [5, 5.41) is 4.89. The molecule has 3 atom stereocenters. The van der Waals surface area contributed by atoms with Crippen LogP contribution in [0.1, 0.15) is 25.8 Å². The zero-order valence-electron chi connectivity index (χ0n) is 16.7. The largest absolute Gasteiger partial charge is 0.335 e. The van der Waals surface area contributed by atoms with E-state index in [-0.39, 0.29) is 0 Å². The van der Waals surface area contributed by atoms with Gasteiger partial charge in [0.2, 0.25) is 12.8 Å². The maximum absolute atomic E-state index is 10.7. The van der Waals surface area contributed by atoms with Crippen LogP contribution in [0.25, 0.3) is 0 Å². The van der Waals surface area contributed by atoms with Crippen molar-refractivity contribution < 1.29 is 9.59 Å². The third kappa shape index (κ3) is 6.28. The highest BCUT2D eigenvalue weighted by atomic mass is 16.1. The lowest BCUT2D eigenvalue weighted by Crippen LogP contribution is -2.35. The van der Waals surface area contributed by atoms with E-state index in [1.165, 1.54) is 17.8 Å². The smallest absolute Gasteiger partial charge is 0.212 e. The minimum Gasteiger partial charge on any atom is -0.335 e. The van der Waals surface area contributed by atoms with E-state index >= 15 is 0 Å². The maximum atomic E-state index is 10.7. The fourth-order valence-corrected chi connectivity index (χ4v) is 3.67. The normalized spacial score (nSPS) is 21.6. The second kappa shape index (κ2) is 11.4. The maximum Gasteiger partial charge on any atom is 0.212 e. The van der Waals surface area contributed by atoms with Crippen LogP contribution in [0.5, 0.6) is 0 Å². The standard InChI is InChI=1S/C21H31N5O2/c1-3-20(26-12-16(2)18(11-22)13-26)10-17-4-6-19(7-5-17)25-21(24-15-28)8-9-23-14-27/h4-9,14-16,18,20H,3,10-13,22H2,1-2H3,(H,23,27)(H,24,25,28)/b9-8-/t16?,18-,20?/m1/s1. The molecule has 1 aliphatic heterocycles. The number of carbonyl (C=O) groups is 2. The van der Waals surface area contributed by atoms with Gasteiger partial charge in [-0.05, 0) is 55.0 Å². The summed E-state index contributed by atoms with van der Waals surface area (Å²) in [4.78, 5) is 28.0. The molecule has 2 amide bonds. The summed E-state index contributed by atoms with van der Waals surface area (Å²) in [6, 6.07) is 8.54. The summed E-state index contributed by atoms with van der Waals surface area (Å²) < 4.78 is 0. The SMILES string of the molecule is CCC(Cc1ccc(N=C(/C=C\NC=O)NC=O)cc1)N1CC(C)[C@H](CN)C1. The zero-order chi connectivity index (χ0) is 20.4. The number of amidine groups is 1. The van der Waals surface area contributed by atoms with E-state index in [1.54, 1.807) is 0 Å². The van der Waals surface area contributed by atoms with Gasteiger partial charge >= 0.3 is 0 Å². The molecule has 0 aliphatic carbocycles. The van der Waals surface area contributed by atoms with Crippen LogP contribution in [0.2, 0.25) is 0 Å². The Balaban J connectivity index is 2.03. The first-order valence-corrected chi connectivity index (χ1v) is 9.79.